The third-order valence-corrected chi connectivity index (χ3v) is 7.18. The standard InChI is InChI=1S/C16H26N2O2S2/c19-22(20,11-8-16-6-3-10-21-16)17-15-7-9-18(13-15)12-14-4-1-2-5-14/h3,6,10,14-15,17H,1-2,4-5,7-9,11-13H2/t15-/m0/s1. The van der Waals surface area contributed by atoms with Crippen LogP contribution in [0, 0.1) is 5.92 Å². The molecule has 0 radical (unpaired) electrons. The van der Waals surface area contributed by atoms with Gasteiger partial charge in [-0.3, -0.25) is 0 Å². The van der Waals surface area contributed by atoms with E-state index < -0.39 is 10.0 Å². The van der Waals surface area contributed by atoms with Gasteiger partial charge < -0.3 is 4.90 Å². The summed E-state index contributed by atoms with van der Waals surface area (Å²) in [5.74, 6) is 1.04. The van der Waals surface area contributed by atoms with E-state index in [2.05, 4.69) is 9.62 Å². The highest BCUT2D eigenvalue weighted by Crippen LogP contribution is 2.26. The summed E-state index contributed by atoms with van der Waals surface area (Å²) in [6.07, 6.45) is 7.02. The van der Waals surface area contributed by atoms with E-state index in [0.717, 1.165) is 36.9 Å². The van der Waals surface area contributed by atoms with Crippen molar-refractivity contribution in [3.63, 3.8) is 0 Å². The first kappa shape index (κ1) is 16.4. The number of likely N-dealkylation sites (tertiary alicyclic amines) is 1. The molecule has 124 valence electrons. The minimum atomic E-state index is -3.16. The second-order valence-electron chi connectivity index (χ2n) is 6.66. The molecule has 1 N–H and O–H groups in total. The smallest absolute Gasteiger partial charge is 0.212 e. The number of rotatable bonds is 7. The minimum absolute atomic E-state index is 0.106. The van der Waals surface area contributed by atoms with Crippen molar-refractivity contribution in [3.8, 4) is 0 Å². The van der Waals surface area contributed by atoms with Crippen molar-refractivity contribution in [1.82, 2.24) is 9.62 Å². The highest BCUT2D eigenvalue weighted by atomic mass is 32.2. The Kier molecular flexibility index (Phi) is 5.55. The summed E-state index contributed by atoms with van der Waals surface area (Å²) >= 11 is 1.62. The molecule has 1 saturated carbocycles. The average molecular weight is 343 g/mol. The van der Waals surface area contributed by atoms with Crippen LogP contribution in [-0.4, -0.2) is 44.7 Å². The van der Waals surface area contributed by atoms with Gasteiger partial charge in [-0.1, -0.05) is 18.9 Å². The maximum absolute atomic E-state index is 12.2. The fraction of sp³-hybridized carbons (Fsp3) is 0.750. The third-order valence-electron chi connectivity index (χ3n) is 4.81. The van der Waals surface area contributed by atoms with Gasteiger partial charge in [0.05, 0.1) is 5.75 Å². The van der Waals surface area contributed by atoms with E-state index in [1.807, 2.05) is 17.5 Å². The van der Waals surface area contributed by atoms with Crippen LogP contribution in [0.5, 0.6) is 0 Å². The summed E-state index contributed by atoms with van der Waals surface area (Å²) in [4.78, 5) is 3.59. The lowest BCUT2D eigenvalue weighted by Crippen LogP contribution is -2.39. The maximum Gasteiger partial charge on any atom is 0.212 e. The molecule has 22 heavy (non-hydrogen) atoms. The molecule has 0 unspecified atom stereocenters. The van der Waals surface area contributed by atoms with Crippen molar-refractivity contribution in [3.05, 3.63) is 22.4 Å². The van der Waals surface area contributed by atoms with Crippen LogP contribution in [0.25, 0.3) is 0 Å². The molecule has 0 bridgehead atoms. The predicted octanol–water partition coefficient (Wildman–Crippen LogP) is 2.47. The lowest BCUT2D eigenvalue weighted by molar-refractivity contribution is 0.276. The van der Waals surface area contributed by atoms with Gasteiger partial charge in [-0.15, -0.1) is 11.3 Å². The second-order valence-corrected chi connectivity index (χ2v) is 9.57. The topological polar surface area (TPSA) is 49.4 Å². The quantitative estimate of drug-likeness (QED) is 0.828. The SMILES string of the molecule is O=S(=O)(CCc1cccs1)N[C@H]1CCN(CC2CCCC2)C1. The van der Waals surface area contributed by atoms with Crippen LogP contribution in [0.1, 0.15) is 37.0 Å². The van der Waals surface area contributed by atoms with E-state index in [1.165, 1.54) is 25.7 Å². The molecule has 1 atom stereocenters. The van der Waals surface area contributed by atoms with Crippen LogP contribution in [-0.2, 0) is 16.4 Å². The van der Waals surface area contributed by atoms with E-state index >= 15 is 0 Å². The Morgan fingerprint density at radius 1 is 1.27 bits per heavy atom. The molecular weight excluding hydrogens is 316 g/mol. The van der Waals surface area contributed by atoms with Crippen molar-refractivity contribution in [2.75, 3.05) is 25.4 Å². The van der Waals surface area contributed by atoms with Crippen molar-refractivity contribution < 1.29 is 8.42 Å². The number of hydrogen-bond acceptors (Lipinski definition) is 4. The van der Waals surface area contributed by atoms with Crippen LogP contribution in [0.2, 0.25) is 0 Å². The van der Waals surface area contributed by atoms with Gasteiger partial charge in [0.2, 0.25) is 10.0 Å². The monoisotopic (exact) mass is 342 g/mol. The summed E-state index contributed by atoms with van der Waals surface area (Å²) in [7, 11) is -3.16. The second kappa shape index (κ2) is 7.43. The minimum Gasteiger partial charge on any atom is -0.301 e. The Morgan fingerprint density at radius 2 is 2.09 bits per heavy atom. The highest BCUT2D eigenvalue weighted by Gasteiger charge is 2.28. The van der Waals surface area contributed by atoms with E-state index in [4.69, 9.17) is 0 Å². The van der Waals surface area contributed by atoms with Crippen molar-refractivity contribution in [2.45, 2.75) is 44.6 Å². The molecular formula is C16H26N2O2S2. The normalized spacial score (nSPS) is 24.3. The summed E-state index contributed by atoms with van der Waals surface area (Å²) in [5.41, 5.74) is 0. The first-order chi connectivity index (χ1) is 10.6. The number of thiophene rings is 1. The van der Waals surface area contributed by atoms with Gasteiger partial charge >= 0.3 is 0 Å². The van der Waals surface area contributed by atoms with Gasteiger partial charge in [-0.25, -0.2) is 13.1 Å². The largest absolute Gasteiger partial charge is 0.301 e. The van der Waals surface area contributed by atoms with E-state index in [9.17, 15) is 8.42 Å². The Labute approximate surface area is 138 Å². The summed E-state index contributed by atoms with van der Waals surface area (Å²) in [5, 5.41) is 1.99. The Hall–Kier alpha value is -0.430. The Morgan fingerprint density at radius 3 is 2.82 bits per heavy atom. The number of nitrogens with zero attached hydrogens (tertiary/aromatic N) is 1. The third kappa shape index (κ3) is 4.78. The first-order valence-electron chi connectivity index (χ1n) is 8.35. The average Bonchev–Trinajstić information content (AvgIpc) is 3.19. The molecule has 0 aromatic carbocycles. The van der Waals surface area contributed by atoms with Gasteiger partial charge in [-0.05, 0) is 49.6 Å². The Bertz CT molecular complexity index is 551. The van der Waals surface area contributed by atoms with Gasteiger partial charge in [0.25, 0.3) is 0 Å². The summed E-state index contributed by atoms with van der Waals surface area (Å²) in [6, 6.07) is 4.08. The van der Waals surface area contributed by atoms with Crippen LogP contribution in [0.4, 0.5) is 0 Å². The zero-order chi connectivity index (χ0) is 15.4. The molecule has 2 fully saturated rings. The van der Waals surface area contributed by atoms with E-state index in [1.54, 1.807) is 11.3 Å². The molecule has 1 aliphatic carbocycles. The molecule has 3 rings (SSSR count). The predicted molar refractivity (Wildman–Crippen MR) is 91.7 cm³/mol. The van der Waals surface area contributed by atoms with Crippen LogP contribution in [0.15, 0.2) is 17.5 Å². The lowest BCUT2D eigenvalue weighted by atomic mass is 10.1. The number of nitrogens with one attached hydrogen (secondary N) is 1. The molecule has 0 amide bonds. The van der Waals surface area contributed by atoms with Gasteiger partial charge in [-0.2, -0.15) is 0 Å². The molecule has 1 aromatic heterocycles. The van der Waals surface area contributed by atoms with Gasteiger partial charge in [0.15, 0.2) is 0 Å². The van der Waals surface area contributed by atoms with E-state index in [-0.39, 0.29) is 11.8 Å². The maximum atomic E-state index is 12.2. The fourth-order valence-electron chi connectivity index (χ4n) is 3.66. The first-order valence-corrected chi connectivity index (χ1v) is 10.9. The molecule has 2 heterocycles. The van der Waals surface area contributed by atoms with Crippen molar-refractivity contribution in [2.24, 2.45) is 5.92 Å². The summed E-state index contributed by atoms with van der Waals surface area (Å²) in [6.45, 7) is 3.08. The highest BCUT2D eigenvalue weighted by molar-refractivity contribution is 7.89. The van der Waals surface area contributed by atoms with E-state index in [0.29, 0.717) is 6.42 Å². The number of hydrogen-bond donors (Lipinski definition) is 1. The molecule has 1 aliphatic heterocycles. The van der Waals surface area contributed by atoms with Crippen LogP contribution >= 0.6 is 11.3 Å². The molecule has 0 spiro atoms. The fourth-order valence-corrected chi connectivity index (χ4v) is 5.80. The van der Waals surface area contributed by atoms with Gasteiger partial charge in [0, 0.05) is 24.0 Å². The zero-order valence-electron chi connectivity index (χ0n) is 13.0. The summed E-state index contributed by atoms with van der Waals surface area (Å²) < 4.78 is 27.3. The molecule has 1 aromatic rings. The molecule has 1 saturated heterocycles. The van der Waals surface area contributed by atoms with Crippen LogP contribution in [0.3, 0.4) is 0 Å². The van der Waals surface area contributed by atoms with Crippen LogP contribution < -0.4 is 4.72 Å². The molecule has 2 aliphatic rings. The van der Waals surface area contributed by atoms with Crippen molar-refractivity contribution >= 4 is 21.4 Å². The zero-order valence-corrected chi connectivity index (χ0v) is 14.7. The number of sulfonamides is 1. The lowest BCUT2D eigenvalue weighted by Gasteiger charge is -2.20. The number of aryl methyl sites for hydroxylation is 1. The van der Waals surface area contributed by atoms with Gasteiger partial charge in [0.1, 0.15) is 0 Å². The molecule has 6 heteroatoms. The van der Waals surface area contributed by atoms with Crippen molar-refractivity contribution in [1.29, 1.82) is 0 Å². The molecule has 4 nitrogen and oxygen atoms in total. The Balaban J connectivity index is 1.42.